The molecule has 7 heteroatoms. The van der Waals surface area contributed by atoms with Crippen LogP contribution in [-0.4, -0.2) is 26.8 Å². The fraction of sp³-hybridized carbons (Fsp3) is 0.182. The van der Waals surface area contributed by atoms with Crippen LogP contribution in [0.4, 0.5) is 0 Å². The molecule has 2 N–H and O–H groups in total. The second-order valence-electron chi connectivity index (χ2n) is 3.61. The van der Waals surface area contributed by atoms with E-state index in [1.165, 1.54) is 17.8 Å². The van der Waals surface area contributed by atoms with E-state index in [1.54, 1.807) is 11.3 Å². The molecule has 94 valence electrons. The summed E-state index contributed by atoms with van der Waals surface area (Å²) >= 11 is 1.54. The summed E-state index contributed by atoms with van der Waals surface area (Å²) in [7, 11) is 1.53. The topological polar surface area (TPSA) is 84.2 Å². The first kappa shape index (κ1) is 12.3. The fourth-order valence-corrected chi connectivity index (χ4v) is 2.10. The van der Waals surface area contributed by atoms with E-state index in [0.29, 0.717) is 6.54 Å². The summed E-state index contributed by atoms with van der Waals surface area (Å²) in [6.45, 7) is 0.421. The monoisotopic (exact) mass is 265 g/mol. The lowest BCUT2D eigenvalue weighted by Gasteiger charge is -2.03. The van der Waals surface area contributed by atoms with Gasteiger partial charge in [0, 0.05) is 18.0 Å². The van der Waals surface area contributed by atoms with Crippen molar-refractivity contribution in [1.29, 1.82) is 0 Å². The van der Waals surface area contributed by atoms with E-state index in [2.05, 4.69) is 10.4 Å². The number of aryl methyl sites for hydroxylation is 1. The van der Waals surface area contributed by atoms with Crippen molar-refractivity contribution in [3.8, 4) is 0 Å². The van der Waals surface area contributed by atoms with Gasteiger partial charge in [0.15, 0.2) is 5.69 Å². The Hall–Kier alpha value is -2.15. The van der Waals surface area contributed by atoms with Gasteiger partial charge in [-0.15, -0.1) is 11.3 Å². The number of rotatable bonds is 4. The van der Waals surface area contributed by atoms with Crippen molar-refractivity contribution < 1.29 is 14.7 Å². The Morgan fingerprint density at radius 3 is 2.89 bits per heavy atom. The van der Waals surface area contributed by atoms with Crippen LogP contribution in [0, 0.1) is 0 Å². The van der Waals surface area contributed by atoms with Gasteiger partial charge < -0.3 is 10.4 Å². The van der Waals surface area contributed by atoms with Gasteiger partial charge in [-0.2, -0.15) is 5.10 Å². The molecule has 0 aromatic carbocycles. The van der Waals surface area contributed by atoms with Crippen LogP contribution >= 0.6 is 11.3 Å². The largest absolute Gasteiger partial charge is 0.476 e. The number of hydrogen-bond acceptors (Lipinski definition) is 4. The molecule has 0 bridgehead atoms. The molecule has 0 atom stereocenters. The highest BCUT2D eigenvalue weighted by Gasteiger charge is 2.16. The number of carbonyl (C=O) groups excluding carboxylic acids is 1. The quantitative estimate of drug-likeness (QED) is 0.867. The first-order chi connectivity index (χ1) is 8.58. The van der Waals surface area contributed by atoms with Crippen LogP contribution in [-0.2, 0) is 13.6 Å². The fourth-order valence-electron chi connectivity index (χ4n) is 1.46. The zero-order valence-corrected chi connectivity index (χ0v) is 10.4. The average Bonchev–Trinajstić information content (AvgIpc) is 2.94. The van der Waals surface area contributed by atoms with Gasteiger partial charge in [-0.25, -0.2) is 4.79 Å². The number of thiophene rings is 1. The molecule has 0 saturated heterocycles. The van der Waals surface area contributed by atoms with Crippen molar-refractivity contribution in [2.45, 2.75) is 6.54 Å². The predicted octanol–water partition coefficient (Wildman–Crippen LogP) is 1.11. The number of nitrogens with one attached hydrogen (secondary N) is 1. The lowest BCUT2D eigenvalue weighted by molar-refractivity contribution is 0.0689. The molecule has 2 aromatic heterocycles. The van der Waals surface area contributed by atoms with Crippen LogP contribution in [0.3, 0.4) is 0 Å². The van der Waals surface area contributed by atoms with E-state index < -0.39 is 5.97 Å². The Kier molecular flexibility index (Phi) is 3.42. The molecule has 0 aliphatic heterocycles. The summed E-state index contributed by atoms with van der Waals surface area (Å²) in [4.78, 5) is 23.6. The van der Waals surface area contributed by atoms with Gasteiger partial charge >= 0.3 is 5.97 Å². The maximum absolute atomic E-state index is 11.8. The maximum Gasteiger partial charge on any atom is 0.356 e. The second kappa shape index (κ2) is 5.01. The first-order valence-corrected chi connectivity index (χ1v) is 6.04. The van der Waals surface area contributed by atoms with Crippen molar-refractivity contribution in [3.63, 3.8) is 0 Å². The van der Waals surface area contributed by atoms with Crippen molar-refractivity contribution in [2.24, 2.45) is 7.05 Å². The third-order valence-electron chi connectivity index (χ3n) is 2.33. The number of hydrogen-bond donors (Lipinski definition) is 2. The summed E-state index contributed by atoms with van der Waals surface area (Å²) in [6, 6.07) is 5.07. The average molecular weight is 265 g/mol. The molecular weight excluding hydrogens is 254 g/mol. The van der Waals surface area contributed by atoms with E-state index in [0.717, 1.165) is 4.88 Å². The highest BCUT2D eigenvalue weighted by molar-refractivity contribution is 7.09. The Morgan fingerprint density at radius 1 is 1.56 bits per heavy atom. The molecule has 2 rings (SSSR count). The Bertz CT molecular complexity index is 574. The molecule has 0 unspecified atom stereocenters. The third kappa shape index (κ3) is 2.57. The highest BCUT2D eigenvalue weighted by atomic mass is 32.1. The number of amides is 1. The third-order valence-corrected chi connectivity index (χ3v) is 3.21. The van der Waals surface area contributed by atoms with Crippen LogP contribution in [0.25, 0.3) is 0 Å². The van der Waals surface area contributed by atoms with Gasteiger partial charge in [0.2, 0.25) is 0 Å². The van der Waals surface area contributed by atoms with E-state index in [-0.39, 0.29) is 17.3 Å². The molecule has 0 aliphatic carbocycles. The number of carboxylic acids is 1. The van der Waals surface area contributed by atoms with Gasteiger partial charge in [0.25, 0.3) is 5.91 Å². The standard InChI is InChI=1S/C11H11N3O3S/c1-14-9(5-8(13-14)11(16)17)10(15)12-6-7-3-2-4-18-7/h2-5H,6H2,1H3,(H,12,15)(H,16,17). The van der Waals surface area contributed by atoms with Crippen LogP contribution in [0.15, 0.2) is 23.6 Å². The molecule has 0 radical (unpaired) electrons. The van der Waals surface area contributed by atoms with Crippen LogP contribution in [0.2, 0.25) is 0 Å². The summed E-state index contributed by atoms with van der Waals surface area (Å²) in [5.41, 5.74) is 0.0859. The molecule has 0 aliphatic rings. The number of nitrogens with zero attached hydrogens (tertiary/aromatic N) is 2. The smallest absolute Gasteiger partial charge is 0.356 e. The minimum atomic E-state index is -1.15. The number of aromatic nitrogens is 2. The normalized spacial score (nSPS) is 10.3. The van der Waals surface area contributed by atoms with Gasteiger partial charge in [0.05, 0.1) is 6.54 Å². The Balaban J connectivity index is 2.06. The van der Waals surface area contributed by atoms with E-state index in [4.69, 9.17) is 5.11 Å². The van der Waals surface area contributed by atoms with Gasteiger partial charge in [-0.1, -0.05) is 6.07 Å². The summed E-state index contributed by atoms with van der Waals surface area (Å²) in [6.07, 6.45) is 0. The minimum absolute atomic E-state index is 0.140. The zero-order chi connectivity index (χ0) is 13.1. The molecular formula is C11H11N3O3S. The maximum atomic E-state index is 11.8. The van der Waals surface area contributed by atoms with Crippen molar-refractivity contribution in [2.75, 3.05) is 0 Å². The predicted molar refractivity (Wildman–Crippen MR) is 65.7 cm³/mol. The minimum Gasteiger partial charge on any atom is -0.476 e. The van der Waals surface area contributed by atoms with Gasteiger partial charge in [-0.05, 0) is 11.4 Å². The number of aromatic carboxylic acids is 1. The van der Waals surface area contributed by atoms with Crippen LogP contribution < -0.4 is 5.32 Å². The van der Waals surface area contributed by atoms with Crippen molar-refractivity contribution in [1.82, 2.24) is 15.1 Å². The Labute approximate surface area is 107 Å². The van der Waals surface area contributed by atoms with Crippen molar-refractivity contribution in [3.05, 3.63) is 39.8 Å². The molecule has 0 spiro atoms. The summed E-state index contributed by atoms with van der Waals surface area (Å²) in [5.74, 6) is -1.49. The summed E-state index contributed by atoms with van der Waals surface area (Å²) < 4.78 is 1.26. The van der Waals surface area contributed by atoms with Gasteiger partial charge in [0.1, 0.15) is 5.69 Å². The Morgan fingerprint density at radius 2 is 2.33 bits per heavy atom. The first-order valence-electron chi connectivity index (χ1n) is 5.16. The van der Waals surface area contributed by atoms with E-state index in [9.17, 15) is 9.59 Å². The van der Waals surface area contributed by atoms with Crippen LogP contribution in [0.5, 0.6) is 0 Å². The molecule has 0 saturated carbocycles. The molecule has 0 fully saturated rings. The second-order valence-corrected chi connectivity index (χ2v) is 4.64. The molecule has 1 amide bonds. The van der Waals surface area contributed by atoms with Gasteiger partial charge in [-0.3, -0.25) is 9.48 Å². The molecule has 6 nitrogen and oxygen atoms in total. The lowest BCUT2D eigenvalue weighted by atomic mass is 10.3. The van der Waals surface area contributed by atoms with Crippen LogP contribution in [0.1, 0.15) is 25.9 Å². The van der Waals surface area contributed by atoms with E-state index >= 15 is 0 Å². The number of carbonyl (C=O) groups is 2. The zero-order valence-electron chi connectivity index (χ0n) is 9.58. The van der Waals surface area contributed by atoms with E-state index in [1.807, 2.05) is 17.5 Å². The SMILES string of the molecule is Cn1nc(C(=O)O)cc1C(=O)NCc1cccs1. The molecule has 2 aromatic rings. The number of carboxylic acid groups (broad SMARTS) is 1. The van der Waals surface area contributed by atoms with Crippen molar-refractivity contribution >= 4 is 23.2 Å². The molecule has 2 heterocycles. The highest BCUT2D eigenvalue weighted by Crippen LogP contribution is 2.08. The molecule has 18 heavy (non-hydrogen) atoms. The lowest BCUT2D eigenvalue weighted by Crippen LogP contribution is -2.24. The summed E-state index contributed by atoms with van der Waals surface area (Å²) in [5, 5.41) is 17.2.